The number of alkyl carbamates (subject to hydrolysis) is 1. The molecule has 0 aliphatic rings. The average molecular weight is 485 g/mol. The van der Waals surface area contributed by atoms with Crippen LogP contribution in [0.5, 0.6) is 0 Å². The summed E-state index contributed by atoms with van der Waals surface area (Å²) in [5.41, 5.74) is 5.63. The summed E-state index contributed by atoms with van der Waals surface area (Å²) in [4.78, 5) is 51.6. The molecule has 0 heterocycles. The van der Waals surface area contributed by atoms with E-state index in [0.29, 0.717) is 12.1 Å². The number of terminal acetylenes is 1. The van der Waals surface area contributed by atoms with Crippen LogP contribution in [0.2, 0.25) is 0 Å². The van der Waals surface area contributed by atoms with Crippen LogP contribution in [0.1, 0.15) is 70.5 Å². The number of primary amides is 1. The molecule has 2 unspecified atom stereocenters. The SMILES string of the molecule is C#CN(C(=O)C(CC(N)=O)NC(=O)OC(C)(C)C)C(C(=O)NCCCCC)c1cccc(C=C)c1. The first-order chi connectivity index (χ1) is 16.4. The van der Waals surface area contributed by atoms with Crippen LogP contribution in [-0.4, -0.2) is 46.9 Å². The van der Waals surface area contributed by atoms with Gasteiger partial charge in [0, 0.05) is 12.6 Å². The average Bonchev–Trinajstić information content (AvgIpc) is 2.77. The third-order valence-corrected chi connectivity index (χ3v) is 4.82. The first-order valence-electron chi connectivity index (χ1n) is 11.5. The van der Waals surface area contributed by atoms with E-state index in [0.717, 1.165) is 29.7 Å². The van der Waals surface area contributed by atoms with E-state index >= 15 is 0 Å². The van der Waals surface area contributed by atoms with Crippen molar-refractivity contribution in [2.45, 2.75) is 71.1 Å². The van der Waals surface area contributed by atoms with Crippen LogP contribution < -0.4 is 16.4 Å². The molecule has 0 aliphatic carbocycles. The van der Waals surface area contributed by atoms with Gasteiger partial charge < -0.3 is 21.1 Å². The molecule has 9 heteroatoms. The summed E-state index contributed by atoms with van der Waals surface area (Å²) in [6.07, 6.45) is 8.49. The van der Waals surface area contributed by atoms with E-state index in [1.54, 1.807) is 51.1 Å². The molecule has 1 aromatic carbocycles. The van der Waals surface area contributed by atoms with Gasteiger partial charge in [-0.05, 0) is 44.4 Å². The van der Waals surface area contributed by atoms with E-state index < -0.39 is 47.9 Å². The molecule has 1 aromatic rings. The van der Waals surface area contributed by atoms with E-state index in [-0.39, 0.29) is 0 Å². The Morgan fingerprint density at radius 2 is 1.94 bits per heavy atom. The molecule has 0 radical (unpaired) electrons. The molecule has 4 N–H and O–H groups in total. The Labute approximate surface area is 207 Å². The van der Waals surface area contributed by atoms with E-state index in [9.17, 15) is 19.2 Å². The fourth-order valence-corrected chi connectivity index (χ4v) is 3.24. The number of nitrogens with zero attached hydrogens (tertiary/aromatic N) is 1. The quantitative estimate of drug-likeness (QED) is 0.239. The van der Waals surface area contributed by atoms with Crippen LogP contribution in [0.3, 0.4) is 0 Å². The highest BCUT2D eigenvalue weighted by Crippen LogP contribution is 2.24. The summed E-state index contributed by atoms with van der Waals surface area (Å²) in [6.45, 7) is 11.1. The molecule has 0 saturated carbocycles. The molecule has 0 aromatic heterocycles. The molecule has 35 heavy (non-hydrogen) atoms. The number of unbranched alkanes of at least 4 members (excludes halogenated alkanes) is 2. The zero-order valence-electron chi connectivity index (χ0n) is 20.9. The molecular weight excluding hydrogens is 448 g/mol. The Morgan fingerprint density at radius 1 is 1.26 bits per heavy atom. The number of nitrogens with one attached hydrogen (secondary N) is 2. The first-order valence-corrected chi connectivity index (χ1v) is 11.5. The van der Waals surface area contributed by atoms with Gasteiger partial charge in [0.2, 0.25) is 11.8 Å². The molecule has 190 valence electrons. The maximum Gasteiger partial charge on any atom is 0.408 e. The lowest BCUT2D eigenvalue weighted by Crippen LogP contribution is -2.52. The van der Waals surface area contributed by atoms with Gasteiger partial charge in [-0.25, -0.2) is 4.79 Å². The van der Waals surface area contributed by atoms with Crippen LogP contribution in [0, 0.1) is 12.5 Å². The van der Waals surface area contributed by atoms with Crippen molar-refractivity contribution >= 4 is 29.9 Å². The number of hydrogen-bond acceptors (Lipinski definition) is 5. The third kappa shape index (κ3) is 9.92. The predicted molar refractivity (Wildman–Crippen MR) is 134 cm³/mol. The maximum absolute atomic E-state index is 13.5. The van der Waals surface area contributed by atoms with Crippen LogP contribution in [0.15, 0.2) is 30.8 Å². The lowest BCUT2D eigenvalue weighted by molar-refractivity contribution is -0.139. The standard InChI is InChI=1S/C26H36N4O5/c1-7-10-11-15-28-23(32)22(19-14-12-13-18(8-2)16-19)30(9-3)24(33)20(17-21(27)31)29-25(34)35-26(4,5)6/h3,8,12-14,16,20,22H,2,7,10-11,15,17H2,1,4-6H3,(H2,27,31)(H,28,32)(H,29,34). The molecule has 0 spiro atoms. The van der Waals surface area contributed by atoms with E-state index in [1.807, 2.05) is 6.92 Å². The van der Waals surface area contributed by atoms with Crippen molar-refractivity contribution in [1.29, 1.82) is 0 Å². The number of benzene rings is 1. The van der Waals surface area contributed by atoms with Crippen LogP contribution in [0.4, 0.5) is 4.79 Å². The Hall–Kier alpha value is -3.80. The molecule has 9 nitrogen and oxygen atoms in total. The monoisotopic (exact) mass is 484 g/mol. The van der Waals surface area contributed by atoms with Gasteiger partial charge in [-0.1, -0.05) is 57.0 Å². The van der Waals surface area contributed by atoms with Gasteiger partial charge in [-0.3, -0.25) is 19.3 Å². The van der Waals surface area contributed by atoms with Gasteiger partial charge in [0.25, 0.3) is 5.91 Å². The normalized spacial score (nSPS) is 12.4. The van der Waals surface area contributed by atoms with Crippen molar-refractivity contribution in [2.24, 2.45) is 5.73 Å². The fraction of sp³-hybridized carbons (Fsp3) is 0.462. The maximum atomic E-state index is 13.5. The van der Waals surface area contributed by atoms with Crippen LogP contribution >= 0.6 is 0 Å². The Bertz CT molecular complexity index is 961. The van der Waals surface area contributed by atoms with Crippen molar-refractivity contribution in [3.63, 3.8) is 0 Å². The minimum atomic E-state index is -1.43. The molecular formula is C26H36N4O5. The minimum Gasteiger partial charge on any atom is -0.444 e. The Balaban J connectivity index is 3.36. The Morgan fingerprint density at radius 3 is 2.49 bits per heavy atom. The summed E-state index contributed by atoms with van der Waals surface area (Å²) in [6, 6.07) is 6.44. The number of carbonyl (C=O) groups is 4. The fourth-order valence-electron chi connectivity index (χ4n) is 3.24. The summed E-state index contributed by atoms with van der Waals surface area (Å²) < 4.78 is 5.20. The molecule has 0 bridgehead atoms. The second-order valence-electron chi connectivity index (χ2n) is 8.98. The zero-order chi connectivity index (χ0) is 26.6. The van der Waals surface area contributed by atoms with Crippen molar-refractivity contribution in [2.75, 3.05) is 6.54 Å². The number of hydrogen-bond donors (Lipinski definition) is 3. The minimum absolute atomic E-state index is 0.401. The molecule has 0 saturated heterocycles. The highest BCUT2D eigenvalue weighted by atomic mass is 16.6. The lowest BCUT2D eigenvalue weighted by atomic mass is 10.0. The smallest absolute Gasteiger partial charge is 0.408 e. The molecule has 0 aliphatic heterocycles. The van der Waals surface area contributed by atoms with Gasteiger partial charge in [0.05, 0.1) is 6.42 Å². The largest absolute Gasteiger partial charge is 0.444 e. The van der Waals surface area contributed by atoms with Crippen LogP contribution in [0.25, 0.3) is 6.08 Å². The highest BCUT2D eigenvalue weighted by molar-refractivity contribution is 5.95. The summed E-state index contributed by atoms with van der Waals surface area (Å²) >= 11 is 0. The molecule has 4 amide bonds. The van der Waals surface area contributed by atoms with Gasteiger partial charge in [0.15, 0.2) is 0 Å². The van der Waals surface area contributed by atoms with E-state index in [2.05, 4.69) is 23.3 Å². The summed E-state index contributed by atoms with van der Waals surface area (Å²) in [5, 5.41) is 5.17. The van der Waals surface area contributed by atoms with Gasteiger partial charge >= 0.3 is 6.09 Å². The number of amides is 4. The molecule has 1 rings (SSSR count). The van der Waals surface area contributed by atoms with E-state index in [4.69, 9.17) is 16.9 Å². The molecule has 2 atom stereocenters. The Kier molecular flexibility index (Phi) is 11.5. The van der Waals surface area contributed by atoms with Crippen LogP contribution in [-0.2, 0) is 19.1 Å². The van der Waals surface area contributed by atoms with Crippen molar-refractivity contribution in [1.82, 2.24) is 15.5 Å². The highest BCUT2D eigenvalue weighted by Gasteiger charge is 2.36. The summed E-state index contributed by atoms with van der Waals surface area (Å²) in [7, 11) is 0. The number of carbonyl (C=O) groups excluding carboxylic acids is 4. The first kappa shape index (κ1) is 29.2. The third-order valence-electron chi connectivity index (χ3n) is 4.82. The zero-order valence-corrected chi connectivity index (χ0v) is 20.9. The predicted octanol–water partition coefficient (Wildman–Crippen LogP) is 2.87. The summed E-state index contributed by atoms with van der Waals surface area (Å²) in [5.74, 6) is -2.19. The van der Waals surface area contributed by atoms with Gasteiger partial charge in [0.1, 0.15) is 17.7 Å². The number of ether oxygens (including phenoxy) is 1. The lowest BCUT2D eigenvalue weighted by Gasteiger charge is -2.30. The molecule has 0 fully saturated rings. The van der Waals surface area contributed by atoms with Gasteiger partial charge in [-0.2, -0.15) is 0 Å². The number of rotatable bonds is 12. The topological polar surface area (TPSA) is 131 Å². The second kappa shape index (κ2) is 13.8. The van der Waals surface area contributed by atoms with Gasteiger partial charge in [-0.15, -0.1) is 0 Å². The number of nitrogens with two attached hydrogens (primary N) is 1. The van der Waals surface area contributed by atoms with Crippen molar-refractivity contribution in [3.8, 4) is 12.5 Å². The van der Waals surface area contributed by atoms with Crippen molar-refractivity contribution < 1.29 is 23.9 Å². The second-order valence-corrected chi connectivity index (χ2v) is 8.98. The van der Waals surface area contributed by atoms with Crippen molar-refractivity contribution in [3.05, 3.63) is 42.0 Å². The van der Waals surface area contributed by atoms with E-state index in [1.165, 1.54) is 0 Å².